The number of benzene rings is 2. The lowest BCUT2D eigenvalue weighted by Gasteiger charge is -2.68. The van der Waals surface area contributed by atoms with Gasteiger partial charge in [0, 0.05) is 16.2 Å². The fraction of sp³-hybridized carbons (Fsp3) is 0.600. The number of esters is 2. The van der Waals surface area contributed by atoms with E-state index >= 15 is 0 Å². The number of hydrogen-bond donors (Lipinski definition) is 2. The summed E-state index contributed by atoms with van der Waals surface area (Å²) in [4.78, 5) is 27.5. The van der Waals surface area contributed by atoms with Gasteiger partial charge < -0.3 is 19.5 Å². The van der Waals surface area contributed by atoms with Crippen molar-refractivity contribution in [3.8, 4) is 0 Å². The van der Waals surface area contributed by atoms with Crippen LogP contribution >= 0.6 is 0 Å². The second-order valence-corrected chi connectivity index (χ2v) is 14.3. The number of carbonyl (C=O) groups excluding carboxylic acids is 2. The average Bonchev–Trinajstić information content (AvgIpc) is 3.50. The first-order valence-corrected chi connectivity index (χ1v) is 15.8. The molecule has 0 radical (unpaired) electrons. The summed E-state index contributed by atoms with van der Waals surface area (Å²) in [5.41, 5.74) is 1.07. The Hall–Kier alpha value is -2.70. The van der Waals surface area contributed by atoms with Crippen LogP contribution in [0, 0.1) is 39.9 Å². The van der Waals surface area contributed by atoms with Gasteiger partial charge in [-0.1, -0.05) is 56.7 Å². The summed E-state index contributed by atoms with van der Waals surface area (Å²) in [6.07, 6.45) is 5.81. The van der Waals surface area contributed by atoms with Crippen LogP contribution in [0.1, 0.15) is 73.1 Å². The fourth-order valence-electron chi connectivity index (χ4n) is 10.9. The van der Waals surface area contributed by atoms with Gasteiger partial charge in [-0.15, -0.1) is 0 Å². The summed E-state index contributed by atoms with van der Waals surface area (Å²) in [6, 6.07) is 18.6. The van der Waals surface area contributed by atoms with Crippen molar-refractivity contribution in [1.82, 2.24) is 0 Å². The zero-order chi connectivity index (χ0) is 28.4. The monoisotopic (exact) mass is 558 g/mol. The third-order valence-corrected chi connectivity index (χ3v) is 12.5. The van der Waals surface area contributed by atoms with Gasteiger partial charge in [0.15, 0.2) is 0 Å². The zero-order valence-corrected chi connectivity index (χ0v) is 24.4. The number of likely N-dealkylation sites (tertiary alicyclic amines) is 1. The van der Waals surface area contributed by atoms with E-state index in [0.717, 1.165) is 38.9 Å². The highest BCUT2D eigenvalue weighted by atomic mass is 16.5. The Labute approximate surface area is 243 Å². The summed E-state index contributed by atoms with van der Waals surface area (Å²) >= 11 is 0. The highest BCUT2D eigenvalue weighted by molar-refractivity contribution is 5.89. The minimum Gasteiger partial charge on any atom is -0.458 e. The molecule has 6 heteroatoms. The number of rotatable bonds is 6. The van der Waals surface area contributed by atoms with Gasteiger partial charge in [0.05, 0.1) is 30.3 Å². The Balaban J connectivity index is 1.16. The van der Waals surface area contributed by atoms with Crippen LogP contribution in [0.5, 0.6) is 0 Å². The Kier molecular flexibility index (Phi) is 6.59. The van der Waals surface area contributed by atoms with Crippen LogP contribution in [0.4, 0.5) is 0 Å². The normalized spacial score (nSPS) is 42.2. The first-order chi connectivity index (χ1) is 19.8. The van der Waals surface area contributed by atoms with Gasteiger partial charge in [0.2, 0.25) is 0 Å². The van der Waals surface area contributed by atoms with Crippen LogP contribution in [0.15, 0.2) is 60.7 Å². The van der Waals surface area contributed by atoms with Crippen molar-refractivity contribution < 1.29 is 29.1 Å². The number of piperidine rings is 1. The lowest BCUT2D eigenvalue weighted by atomic mass is 9.39. The van der Waals surface area contributed by atoms with Crippen molar-refractivity contribution in [2.75, 3.05) is 26.2 Å². The molecule has 5 aliphatic rings. The number of nitrogens with one attached hydrogen (secondary N) is 1. The van der Waals surface area contributed by atoms with Crippen LogP contribution in [-0.4, -0.2) is 55.5 Å². The maximum atomic E-state index is 13.4. The molecule has 218 valence electrons. The third-order valence-electron chi connectivity index (χ3n) is 12.5. The Morgan fingerprint density at radius 3 is 2.29 bits per heavy atom. The molecule has 4 aliphatic carbocycles. The average molecular weight is 559 g/mol. The summed E-state index contributed by atoms with van der Waals surface area (Å²) in [6.45, 7) is 7.97. The van der Waals surface area contributed by atoms with E-state index in [4.69, 9.17) is 9.47 Å². The van der Waals surface area contributed by atoms with Crippen molar-refractivity contribution in [1.29, 1.82) is 0 Å². The second-order valence-electron chi connectivity index (χ2n) is 14.3. The summed E-state index contributed by atoms with van der Waals surface area (Å²) in [7, 11) is 0. The molecule has 7 rings (SSSR count). The zero-order valence-electron chi connectivity index (χ0n) is 24.4. The van der Waals surface area contributed by atoms with Crippen LogP contribution in [-0.2, 0) is 9.47 Å². The Bertz CT molecular complexity index is 1300. The van der Waals surface area contributed by atoms with Crippen molar-refractivity contribution in [2.45, 2.75) is 64.6 Å². The minimum atomic E-state index is -0.444. The lowest BCUT2D eigenvalue weighted by Crippen LogP contribution is -3.17. The van der Waals surface area contributed by atoms with E-state index in [1.807, 2.05) is 48.5 Å². The molecule has 4 saturated carbocycles. The van der Waals surface area contributed by atoms with Crippen molar-refractivity contribution in [2.24, 2.45) is 39.9 Å². The maximum absolute atomic E-state index is 13.4. The quantitative estimate of drug-likeness (QED) is 0.520. The summed E-state index contributed by atoms with van der Waals surface area (Å²) in [5, 5.41) is 11.9. The first kappa shape index (κ1) is 27.2. The van der Waals surface area contributed by atoms with E-state index in [1.165, 1.54) is 24.2 Å². The van der Waals surface area contributed by atoms with Gasteiger partial charge in [-0.05, 0) is 80.0 Å². The van der Waals surface area contributed by atoms with Gasteiger partial charge in [-0.25, -0.2) is 9.59 Å². The van der Waals surface area contributed by atoms with Crippen molar-refractivity contribution in [3.63, 3.8) is 0 Å². The molecule has 1 heterocycles. The van der Waals surface area contributed by atoms with Gasteiger partial charge in [-0.3, -0.25) is 0 Å². The standard InChI is InChI=1S/C35H43NO5/c1-23-26-18-28-34-15-9-14-33(2,21-36(22-34)16-17-40-31(38)24-10-5-3-6-11-24)27(34)19-29(35(28,20-26)30(23)37)41-32(39)25-12-7-4-8-13-25/h3-8,10-13,23,26-30,37H,9,14-22H2,1-2H3/p+1/t23-,26-,27-,28-,29-,30+,33-,34-,35+/m0/s1. The Morgan fingerprint density at radius 1 is 0.927 bits per heavy atom. The molecule has 1 spiro atoms. The number of carbonyl (C=O) groups is 2. The molecule has 1 unspecified atom stereocenters. The van der Waals surface area contributed by atoms with E-state index in [-0.39, 0.29) is 40.2 Å². The molecule has 0 amide bonds. The largest absolute Gasteiger partial charge is 0.458 e. The molecule has 0 aromatic heterocycles. The van der Waals surface area contributed by atoms with Crippen LogP contribution in [0.25, 0.3) is 0 Å². The highest BCUT2D eigenvalue weighted by Crippen LogP contribution is 2.75. The fourth-order valence-corrected chi connectivity index (χ4v) is 10.9. The van der Waals surface area contributed by atoms with Crippen LogP contribution in [0.3, 0.4) is 0 Å². The van der Waals surface area contributed by atoms with Gasteiger partial charge in [0.1, 0.15) is 19.3 Å². The first-order valence-electron chi connectivity index (χ1n) is 15.8. The smallest absolute Gasteiger partial charge is 0.338 e. The number of ether oxygens (including phenoxy) is 2. The second kappa shape index (κ2) is 9.95. The van der Waals surface area contributed by atoms with Crippen LogP contribution in [0.2, 0.25) is 0 Å². The summed E-state index contributed by atoms with van der Waals surface area (Å²) < 4.78 is 12.2. The van der Waals surface area contributed by atoms with Gasteiger partial charge in [-0.2, -0.15) is 0 Å². The van der Waals surface area contributed by atoms with E-state index in [2.05, 4.69) is 13.8 Å². The molecule has 5 fully saturated rings. The van der Waals surface area contributed by atoms with E-state index < -0.39 is 6.10 Å². The van der Waals surface area contributed by atoms with Crippen molar-refractivity contribution in [3.05, 3.63) is 71.8 Å². The molecule has 2 aromatic rings. The molecule has 10 atom stereocenters. The SMILES string of the molecule is C[C@H]1[C@H]2C[C@H]3[C@@]45CCC[C@@](C)(C[NH+](CCOC(=O)c6ccccc6)C4)[C@@H]5C[C@H](OC(=O)c4ccccc4)[C@]3(C2)[C@@H]1O. The highest BCUT2D eigenvalue weighted by Gasteiger charge is 2.77. The van der Waals surface area contributed by atoms with Gasteiger partial charge in [0.25, 0.3) is 0 Å². The summed E-state index contributed by atoms with van der Waals surface area (Å²) in [5.74, 6) is 1.01. The van der Waals surface area contributed by atoms with Crippen LogP contribution < -0.4 is 4.90 Å². The third kappa shape index (κ3) is 4.11. The van der Waals surface area contributed by atoms with E-state index in [0.29, 0.717) is 35.5 Å². The molecular weight excluding hydrogens is 514 g/mol. The molecule has 4 bridgehead atoms. The van der Waals surface area contributed by atoms with E-state index in [1.54, 1.807) is 12.1 Å². The Morgan fingerprint density at radius 2 is 1.61 bits per heavy atom. The minimum absolute atomic E-state index is 0.121. The van der Waals surface area contributed by atoms with Gasteiger partial charge >= 0.3 is 11.9 Å². The molecule has 41 heavy (non-hydrogen) atoms. The molecular formula is C35H44NO5+. The topological polar surface area (TPSA) is 77.3 Å². The molecule has 2 N–H and O–H groups in total. The maximum Gasteiger partial charge on any atom is 0.338 e. The molecule has 1 aliphatic heterocycles. The predicted molar refractivity (Wildman–Crippen MR) is 154 cm³/mol. The number of aliphatic hydroxyl groups is 1. The number of quaternary nitrogens is 1. The number of hydrogen-bond acceptors (Lipinski definition) is 5. The van der Waals surface area contributed by atoms with Crippen molar-refractivity contribution >= 4 is 11.9 Å². The lowest BCUT2D eigenvalue weighted by molar-refractivity contribution is -0.926. The number of fused-ring (bicyclic) bond motifs is 1. The molecule has 1 saturated heterocycles. The predicted octanol–water partition coefficient (Wildman–Crippen LogP) is 4.19. The molecule has 6 nitrogen and oxygen atoms in total. The number of aliphatic hydroxyl groups excluding tert-OH is 1. The molecule has 2 aromatic carbocycles. The van der Waals surface area contributed by atoms with E-state index in [9.17, 15) is 14.7 Å².